The Labute approximate surface area is 143 Å². The zero-order valence-electron chi connectivity index (χ0n) is 13.7. The first-order chi connectivity index (χ1) is 12.2. The zero-order valence-corrected chi connectivity index (χ0v) is 13.7. The van der Waals surface area contributed by atoms with Crippen molar-refractivity contribution in [2.75, 3.05) is 11.9 Å². The number of aromatic nitrogens is 5. The number of non-ortho nitro benzene ring substituents is 1. The van der Waals surface area contributed by atoms with Gasteiger partial charge in [0.05, 0.1) is 4.92 Å². The highest BCUT2D eigenvalue weighted by Crippen LogP contribution is 2.21. The molecule has 0 saturated heterocycles. The third-order valence-electron chi connectivity index (χ3n) is 3.62. The molecule has 0 bridgehead atoms. The number of anilines is 1. The third kappa shape index (κ3) is 4.14. The lowest BCUT2D eigenvalue weighted by molar-refractivity contribution is -0.384. The van der Waals surface area contributed by atoms with Gasteiger partial charge >= 0.3 is 0 Å². The smallest absolute Gasteiger partial charge is 0.269 e. The molecule has 0 unspecified atom stereocenters. The van der Waals surface area contributed by atoms with Gasteiger partial charge in [-0.3, -0.25) is 10.1 Å². The number of hydrogen-bond donors (Lipinski definition) is 1. The average Bonchev–Trinajstić information content (AvgIpc) is 3.15. The fourth-order valence-corrected chi connectivity index (χ4v) is 2.28. The highest BCUT2D eigenvalue weighted by Gasteiger charge is 2.09. The Balaban J connectivity index is 1.78. The van der Waals surface area contributed by atoms with E-state index in [4.69, 9.17) is 0 Å². The first-order valence-electron chi connectivity index (χ1n) is 7.85. The molecule has 2 aromatic heterocycles. The van der Waals surface area contributed by atoms with Crippen molar-refractivity contribution in [3.63, 3.8) is 0 Å². The van der Waals surface area contributed by atoms with E-state index in [1.165, 1.54) is 12.1 Å². The quantitative estimate of drug-likeness (QED) is 0.519. The topological polar surface area (TPSA) is 112 Å². The summed E-state index contributed by atoms with van der Waals surface area (Å²) in [5.41, 5.74) is 1.68. The van der Waals surface area contributed by atoms with E-state index in [1.54, 1.807) is 24.8 Å². The molecule has 0 amide bonds. The maximum absolute atomic E-state index is 10.8. The number of nitro groups is 1. The van der Waals surface area contributed by atoms with E-state index >= 15 is 0 Å². The number of nitro benzene ring substituents is 1. The van der Waals surface area contributed by atoms with Crippen LogP contribution in [-0.4, -0.2) is 36.2 Å². The molecule has 2 heterocycles. The van der Waals surface area contributed by atoms with Crippen LogP contribution < -0.4 is 5.32 Å². The van der Waals surface area contributed by atoms with Gasteiger partial charge in [0.2, 0.25) is 0 Å². The number of benzene rings is 1. The van der Waals surface area contributed by atoms with Crippen LogP contribution in [0.1, 0.15) is 12.6 Å². The van der Waals surface area contributed by atoms with Crippen LogP contribution in [0.2, 0.25) is 0 Å². The summed E-state index contributed by atoms with van der Waals surface area (Å²) in [7, 11) is 0. The number of nitrogens with one attached hydrogen (secondary N) is 1. The summed E-state index contributed by atoms with van der Waals surface area (Å²) in [5, 5.41) is 21.6. The molecule has 25 heavy (non-hydrogen) atoms. The Morgan fingerprint density at radius 1 is 1.16 bits per heavy atom. The molecule has 128 valence electrons. The predicted molar refractivity (Wildman–Crippen MR) is 92.0 cm³/mol. The van der Waals surface area contributed by atoms with Crippen molar-refractivity contribution in [3.8, 4) is 11.4 Å². The first kappa shape index (κ1) is 16.5. The van der Waals surface area contributed by atoms with E-state index in [1.807, 2.05) is 17.6 Å². The van der Waals surface area contributed by atoms with Gasteiger partial charge in [0.15, 0.2) is 5.82 Å². The molecular weight excluding hydrogens is 322 g/mol. The molecule has 9 nitrogen and oxygen atoms in total. The summed E-state index contributed by atoms with van der Waals surface area (Å²) in [4.78, 5) is 19.4. The van der Waals surface area contributed by atoms with E-state index in [0.717, 1.165) is 17.7 Å². The summed E-state index contributed by atoms with van der Waals surface area (Å²) >= 11 is 0. The van der Waals surface area contributed by atoms with Gasteiger partial charge in [0.1, 0.15) is 18.5 Å². The molecule has 0 radical (unpaired) electrons. The molecule has 1 aromatic carbocycles. The Bertz CT molecular complexity index is 847. The Morgan fingerprint density at radius 3 is 2.52 bits per heavy atom. The third-order valence-corrected chi connectivity index (χ3v) is 3.62. The molecule has 0 saturated carbocycles. The molecule has 3 rings (SSSR count). The summed E-state index contributed by atoms with van der Waals surface area (Å²) in [5.74, 6) is 1.26. The van der Waals surface area contributed by atoms with E-state index in [0.29, 0.717) is 24.7 Å². The van der Waals surface area contributed by atoms with Crippen molar-refractivity contribution in [1.82, 2.24) is 24.7 Å². The molecule has 9 heteroatoms. The normalized spacial score (nSPS) is 10.6. The lowest BCUT2D eigenvalue weighted by Gasteiger charge is -2.10. The monoisotopic (exact) mass is 339 g/mol. The van der Waals surface area contributed by atoms with Crippen molar-refractivity contribution in [2.24, 2.45) is 0 Å². The summed E-state index contributed by atoms with van der Waals surface area (Å²) in [6.07, 6.45) is 4.07. The van der Waals surface area contributed by atoms with E-state index in [9.17, 15) is 10.1 Å². The van der Waals surface area contributed by atoms with Crippen molar-refractivity contribution in [1.29, 1.82) is 0 Å². The average molecular weight is 339 g/mol. The molecule has 0 fully saturated rings. The second-order valence-electron chi connectivity index (χ2n) is 5.35. The standard InChI is InChI=1S/C16H17N7O2/c1-2-13-9-15(17-7-8-22-10-18-19-11-22)21-16(20-13)12-3-5-14(6-4-12)23(24)25/h3-6,9-11H,2,7-8H2,1H3,(H,17,20,21). The van der Waals surface area contributed by atoms with Crippen molar-refractivity contribution in [2.45, 2.75) is 19.9 Å². The second kappa shape index (κ2) is 7.47. The van der Waals surface area contributed by atoms with Crippen LogP contribution in [0.15, 0.2) is 43.0 Å². The van der Waals surface area contributed by atoms with Crippen molar-refractivity contribution < 1.29 is 4.92 Å². The van der Waals surface area contributed by atoms with Gasteiger partial charge in [-0.05, 0) is 18.6 Å². The highest BCUT2D eigenvalue weighted by atomic mass is 16.6. The minimum Gasteiger partial charge on any atom is -0.368 e. The summed E-state index contributed by atoms with van der Waals surface area (Å²) in [6.45, 7) is 3.39. The fraction of sp³-hybridized carbons (Fsp3) is 0.250. The number of hydrogen-bond acceptors (Lipinski definition) is 7. The maximum Gasteiger partial charge on any atom is 0.269 e. The maximum atomic E-state index is 10.8. The highest BCUT2D eigenvalue weighted by molar-refractivity contribution is 5.59. The van der Waals surface area contributed by atoms with Gasteiger partial charge in [0, 0.05) is 42.5 Å². The number of nitrogens with zero attached hydrogens (tertiary/aromatic N) is 6. The van der Waals surface area contributed by atoms with Crippen LogP contribution in [-0.2, 0) is 13.0 Å². The SMILES string of the molecule is CCc1cc(NCCn2cnnc2)nc(-c2ccc([N+](=O)[O-])cc2)n1. The summed E-state index contributed by atoms with van der Waals surface area (Å²) < 4.78 is 1.87. The lowest BCUT2D eigenvalue weighted by Crippen LogP contribution is -2.11. The molecule has 0 aliphatic heterocycles. The largest absolute Gasteiger partial charge is 0.368 e. The zero-order chi connectivity index (χ0) is 17.6. The van der Waals surface area contributed by atoms with Gasteiger partial charge in [-0.1, -0.05) is 6.92 Å². The molecule has 1 N–H and O–H groups in total. The molecule has 0 aliphatic carbocycles. The Kier molecular flexibility index (Phi) is 4.93. The van der Waals surface area contributed by atoms with Crippen LogP contribution >= 0.6 is 0 Å². The minimum atomic E-state index is -0.426. The number of rotatable bonds is 7. The molecular formula is C16H17N7O2. The Hall–Kier alpha value is -3.36. The summed E-state index contributed by atoms with van der Waals surface area (Å²) in [6, 6.07) is 8.13. The molecule has 0 aliphatic rings. The van der Waals surface area contributed by atoms with Crippen LogP contribution in [0.5, 0.6) is 0 Å². The molecule has 3 aromatic rings. The first-order valence-corrected chi connectivity index (χ1v) is 7.85. The van der Waals surface area contributed by atoms with Gasteiger partial charge in [0.25, 0.3) is 5.69 Å². The van der Waals surface area contributed by atoms with Gasteiger partial charge < -0.3 is 9.88 Å². The van der Waals surface area contributed by atoms with E-state index < -0.39 is 4.92 Å². The van der Waals surface area contributed by atoms with Crippen LogP contribution in [0.4, 0.5) is 11.5 Å². The molecule has 0 spiro atoms. The fourth-order valence-electron chi connectivity index (χ4n) is 2.28. The van der Waals surface area contributed by atoms with Gasteiger partial charge in [-0.25, -0.2) is 9.97 Å². The second-order valence-corrected chi connectivity index (χ2v) is 5.35. The van der Waals surface area contributed by atoms with Crippen LogP contribution in [0.25, 0.3) is 11.4 Å². The van der Waals surface area contributed by atoms with Crippen LogP contribution in [0.3, 0.4) is 0 Å². The molecule has 0 atom stereocenters. The van der Waals surface area contributed by atoms with E-state index in [2.05, 4.69) is 25.5 Å². The minimum absolute atomic E-state index is 0.0442. The van der Waals surface area contributed by atoms with Gasteiger partial charge in [-0.2, -0.15) is 0 Å². The lowest BCUT2D eigenvalue weighted by atomic mass is 10.2. The predicted octanol–water partition coefficient (Wildman–Crippen LogP) is 2.32. The number of aryl methyl sites for hydroxylation is 1. The van der Waals surface area contributed by atoms with Crippen molar-refractivity contribution in [3.05, 3.63) is 58.8 Å². The van der Waals surface area contributed by atoms with E-state index in [-0.39, 0.29) is 5.69 Å². The van der Waals surface area contributed by atoms with Crippen LogP contribution in [0, 0.1) is 10.1 Å². The van der Waals surface area contributed by atoms with Gasteiger partial charge in [-0.15, -0.1) is 10.2 Å². The Morgan fingerprint density at radius 2 is 1.88 bits per heavy atom. The van der Waals surface area contributed by atoms with Crippen molar-refractivity contribution >= 4 is 11.5 Å².